The molecule has 8 atom stereocenters. The molecular formula is C42H59N4O21P3. The van der Waals surface area contributed by atoms with Crippen LogP contribution in [0.15, 0.2) is 80.1 Å². The molecule has 70 heavy (non-hydrogen) atoms. The van der Waals surface area contributed by atoms with Crippen molar-refractivity contribution in [3.05, 3.63) is 136 Å². The predicted molar refractivity (Wildman–Crippen MR) is 246 cm³/mol. The zero-order valence-corrected chi connectivity index (χ0v) is 41.7. The lowest BCUT2D eigenvalue weighted by Gasteiger charge is -2.23. The molecule has 0 amide bonds. The van der Waals surface area contributed by atoms with Crippen molar-refractivity contribution in [1.82, 2.24) is 19.1 Å². The maximum absolute atomic E-state index is 12.5. The summed E-state index contributed by atoms with van der Waals surface area (Å²) < 4.78 is 70.6. The summed E-state index contributed by atoms with van der Waals surface area (Å²) in [4.78, 5) is 89.6. The van der Waals surface area contributed by atoms with Crippen molar-refractivity contribution in [3.8, 4) is 0 Å². The topological polar surface area (TPSA) is 367 Å². The van der Waals surface area contributed by atoms with E-state index in [9.17, 15) is 58.0 Å². The van der Waals surface area contributed by atoms with E-state index in [1.165, 1.54) is 22.5 Å². The molecule has 2 aliphatic rings. The van der Waals surface area contributed by atoms with Crippen LogP contribution in [0, 0.1) is 0 Å². The second-order valence-corrected chi connectivity index (χ2v) is 22.8. The van der Waals surface area contributed by atoms with Gasteiger partial charge in [0.2, 0.25) is 0 Å². The molecule has 0 spiro atoms. The number of nitrogens with zero attached hydrogens (tertiary/aromatic N) is 2. The van der Waals surface area contributed by atoms with Gasteiger partial charge in [0.15, 0.2) is 0 Å². The summed E-state index contributed by atoms with van der Waals surface area (Å²) >= 11 is 0. The number of phosphoric acid groups is 3. The number of phosphoric ester groups is 1. The van der Waals surface area contributed by atoms with Crippen molar-refractivity contribution >= 4 is 23.5 Å². The molecule has 388 valence electrons. The normalized spacial score (nSPS) is 22.5. The summed E-state index contributed by atoms with van der Waals surface area (Å²) in [6.45, 7) is 11.7. The first-order chi connectivity index (χ1) is 32.5. The maximum atomic E-state index is 12.5. The number of rotatable bonds is 18. The Balaban J connectivity index is 0.000000276. The van der Waals surface area contributed by atoms with Crippen LogP contribution in [0.4, 0.5) is 0 Å². The van der Waals surface area contributed by atoms with Crippen molar-refractivity contribution < 1.29 is 80.7 Å². The highest BCUT2D eigenvalue weighted by atomic mass is 31.3. The van der Waals surface area contributed by atoms with Crippen LogP contribution in [0.3, 0.4) is 0 Å². The first-order valence-corrected chi connectivity index (χ1v) is 26.1. The molecule has 0 bridgehead atoms. The van der Waals surface area contributed by atoms with E-state index in [2.05, 4.69) is 70.7 Å². The van der Waals surface area contributed by atoms with E-state index in [1.807, 2.05) is 42.5 Å². The highest BCUT2D eigenvalue weighted by Gasteiger charge is 2.43. The SMILES string of the molecule is CC(C)(C)c1ccccc1COCc1cn([C@H]2CC(O)[C@@H](CO)O2)c(=O)[nH]c1=O.CC(C)(C)c1ccccc1COCc1cn([C@H]2CC(O)[C@@H](COP(=O)(O)OP(=O)(O)OP(=O)(O)O)O2)c(=O)[nH]c1=O. The standard InChI is InChI=1S/C21H31N2O15P3.C21H28N2O6/c1-21(2,3)15-7-5-4-6-13(15)10-34-11-14-9-23(20(26)22-19(14)25)18-8-16(24)17(36-18)12-35-40(30,31)38-41(32,33)37-39(27,28)29;1-21(2,3)15-7-5-4-6-13(15)11-28-12-14-9-23(20(27)22-19(14)26)18-8-16(25)17(10-24)29-18/h4-7,9,16-18,24H,8,10-12H2,1-3H3,(H,30,31)(H,32,33)(H,22,25,26)(H2,27,28,29);4-7,9,16-18,24-25H,8,10-12H2,1-3H3,(H,22,26,27)/t2*16?,17-,18-/m11/s1. The predicted octanol–water partition coefficient (Wildman–Crippen LogP) is 2.73. The summed E-state index contributed by atoms with van der Waals surface area (Å²) in [6.07, 6.45) is -3.78. The van der Waals surface area contributed by atoms with Gasteiger partial charge in [0.1, 0.15) is 24.7 Å². The Morgan fingerprint density at radius 3 is 1.41 bits per heavy atom. The third kappa shape index (κ3) is 16.0. The monoisotopic (exact) mass is 1050 g/mol. The van der Waals surface area contributed by atoms with Crippen LogP contribution >= 0.6 is 23.5 Å². The van der Waals surface area contributed by atoms with Crippen LogP contribution in [-0.4, -0.2) is 91.6 Å². The molecule has 0 radical (unpaired) electrons. The molecular weight excluding hydrogens is 989 g/mol. The van der Waals surface area contributed by atoms with Gasteiger partial charge < -0.3 is 53.8 Å². The molecule has 2 aromatic heterocycles. The number of ether oxygens (including phenoxy) is 4. The van der Waals surface area contributed by atoms with E-state index < -0.39 is 89.4 Å². The van der Waals surface area contributed by atoms with Gasteiger partial charge in [-0.3, -0.25) is 33.2 Å². The molecule has 6 rings (SSSR count). The van der Waals surface area contributed by atoms with Gasteiger partial charge in [-0.1, -0.05) is 90.1 Å². The number of aromatic nitrogens is 4. The lowest BCUT2D eigenvalue weighted by molar-refractivity contribution is -0.0461. The van der Waals surface area contributed by atoms with E-state index >= 15 is 0 Å². The number of aliphatic hydroxyl groups excluding tert-OH is 3. The molecule has 25 nitrogen and oxygen atoms in total. The summed E-state index contributed by atoms with van der Waals surface area (Å²) in [6, 6.07) is 15.7. The van der Waals surface area contributed by atoms with Gasteiger partial charge in [-0.2, -0.15) is 8.62 Å². The molecule has 9 N–H and O–H groups in total. The Morgan fingerprint density at radius 2 is 1.01 bits per heavy atom. The van der Waals surface area contributed by atoms with Gasteiger partial charge in [-0.05, 0) is 33.1 Å². The van der Waals surface area contributed by atoms with Crippen LogP contribution < -0.4 is 22.5 Å². The largest absolute Gasteiger partial charge is 0.490 e. The second-order valence-electron chi connectivity index (χ2n) is 18.4. The second kappa shape index (κ2) is 23.2. The number of aromatic amines is 2. The molecule has 2 aliphatic heterocycles. The van der Waals surface area contributed by atoms with Crippen LogP contribution in [0.1, 0.15) is 100 Å². The van der Waals surface area contributed by atoms with Gasteiger partial charge in [0, 0.05) is 25.2 Å². The summed E-state index contributed by atoms with van der Waals surface area (Å²) in [5.41, 5.74) is 1.65. The fraction of sp³-hybridized carbons (Fsp3) is 0.524. The molecule has 2 saturated heterocycles. The van der Waals surface area contributed by atoms with Crippen molar-refractivity contribution in [1.29, 1.82) is 0 Å². The van der Waals surface area contributed by atoms with Gasteiger partial charge in [0.05, 0.1) is 63.0 Å². The zero-order chi connectivity index (χ0) is 52.0. The van der Waals surface area contributed by atoms with Crippen molar-refractivity contribution in [2.45, 2.75) is 129 Å². The number of nitrogens with one attached hydrogen (secondary N) is 2. The average molecular weight is 1050 g/mol. The highest BCUT2D eigenvalue weighted by molar-refractivity contribution is 7.66. The third-order valence-electron chi connectivity index (χ3n) is 10.8. The maximum Gasteiger partial charge on any atom is 0.490 e. The Bertz CT molecular complexity index is 2830. The molecule has 2 aromatic carbocycles. The van der Waals surface area contributed by atoms with Crippen LogP contribution in [-0.2, 0) is 83.0 Å². The Kier molecular flexibility index (Phi) is 18.8. The Labute approximate surface area is 400 Å². The smallest absolute Gasteiger partial charge is 0.394 e. The summed E-state index contributed by atoms with van der Waals surface area (Å²) in [5, 5.41) is 29.4. The number of benzene rings is 2. The Morgan fingerprint density at radius 1 is 0.614 bits per heavy atom. The van der Waals surface area contributed by atoms with E-state index in [0.29, 0.717) is 6.61 Å². The number of aliphatic hydroxyl groups is 3. The number of hydrogen-bond acceptors (Lipinski definition) is 17. The summed E-state index contributed by atoms with van der Waals surface area (Å²) in [7, 11) is -16.7. The highest BCUT2D eigenvalue weighted by Crippen LogP contribution is 2.66. The molecule has 4 aromatic rings. The minimum atomic E-state index is -5.72. The van der Waals surface area contributed by atoms with E-state index in [-0.39, 0.29) is 61.2 Å². The van der Waals surface area contributed by atoms with E-state index in [0.717, 1.165) is 21.3 Å². The minimum Gasteiger partial charge on any atom is -0.394 e. The van der Waals surface area contributed by atoms with Crippen LogP contribution in [0.2, 0.25) is 0 Å². The summed E-state index contributed by atoms with van der Waals surface area (Å²) in [5.74, 6) is 0. The fourth-order valence-electron chi connectivity index (χ4n) is 7.54. The van der Waals surface area contributed by atoms with Gasteiger partial charge in [-0.25, -0.2) is 23.3 Å². The zero-order valence-electron chi connectivity index (χ0n) is 39.0. The minimum absolute atomic E-state index is 0.0206. The fourth-order valence-corrected chi connectivity index (χ4v) is 10.6. The lowest BCUT2D eigenvalue weighted by Crippen LogP contribution is -2.34. The van der Waals surface area contributed by atoms with Crippen molar-refractivity contribution in [2.24, 2.45) is 0 Å². The molecule has 4 unspecified atom stereocenters. The van der Waals surface area contributed by atoms with E-state index in [1.54, 1.807) is 0 Å². The Hall–Kier alpha value is -4.07. The number of hydrogen-bond donors (Lipinski definition) is 9. The third-order valence-corrected chi connectivity index (χ3v) is 14.6. The molecule has 2 fully saturated rings. The molecule has 4 heterocycles. The van der Waals surface area contributed by atoms with Gasteiger partial charge in [0.25, 0.3) is 11.1 Å². The molecule has 0 aliphatic carbocycles. The number of H-pyrrole nitrogens is 2. The van der Waals surface area contributed by atoms with Crippen molar-refractivity contribution in [2.75, 3.05) is 13.2 Å². The van der Waals surface area contributed by atoms with E-state index in [4.69, 9.17) is 28.7 Å². The van der Waals surface area contributed by atoms with Crippen LogP contribution in [0.25, 0.3) is 0 Å². The van der Waals surface area contributed by atoms with Crippen LogP contribution in [0.5, 0.6) is 0 Å². The first kappa shape index (κ1) is 56.8. The average Bonchev–Trinajstić information content (AvgIpc) is 3.80. The molecule has 0 saturated carbocycles. The molecule has 28 heteroatoms. The van der Waals surface area contributed by atoms with Gasteiger partial charge in [-0.15, -0.1) is 0 Å². The quantitative estimate of drug-likeness (QED) is 0.0647. The van der Waals surface area contributed by atoms with Crippen molar-refractivity contribution in [3.63, 3.8) is 0 Å². The first-order valence-electron chi connectivity index (χ1n) is 21.5. The lowest BCUT2D eigenvalue weighted by atomic mass is 9.84. The van der Waals surface area contributed by atoms with Gasteiger partial charge >= 0.3 is 34.8 Å².